The topological polar surface area (TPSA) is 24.4 Å². The van der Waals surface area contributed by atoms with E-state index < -0.39 is 0 Å². The Morgan fingerprint density at radius 3 is 2.61 bits per heavy atom. The molecule has 1 saturated heterocycles. The highest BCUT2D eigenvalue weighted by Crippen LogP contribution is 2.54. The summed E-state index contributed by atoms with van der Waals surface area (Å²) >= 11 is 12.6. The molecule has 3 atom stereocenters. The van der Waals surface area contributed by atoms with Crippen LogP contribution in [-0.4, -0.2) is 18.8 Å². The monoisotopic (exact) mass is 412 g/mol. The average molecular weight is 413 g/mol. The number of nitrogens with one attached hydrogen (secondary N) is 1. The van der Waals surface area contributed by atoms with Crippen molar-refractivity contribution >= 4 is 35.1 Å². The maximum Gasteiger partial charge on any atom is 0.0683 e. The Labute approximate surface area is 177 Å². The van der Waals surface area contributed by atoms with Gasteiger partial charge in [0.1, 0.15) is 0 Å². The molecule has 0 radical (unpaired) electrons. The molecule has 1 spiro atoms. The van der Waals surface area contributed by atoms with Gasteiger partial charge in [-0.2, -0.15) is 0 Å². The van der Waals surface area contributed by atoms with Gasteiger partial charge < -0.3 is 5.32 Å². The molecule has 2 aromatic rings. The molecule has 0 amide bonds. The minimum Gasteiger partial charge on any atom is -0.309 e. The number of nitrogens with zero attached hydrogens (tertiary/aromatic N) is 1. The molecule has 2 nitrogen and oxygen atoms in total. The lowest BCUT2D eigenvalue weighted by Gasteiger charge is -2.50. The van der Waals surface area contributed by atoms with Crippen LogP contribution in [0.3, 0.4) is 0 Å². The Kier molecular flexibility index (Phi) is 4.94. The van der Waals surface area contributed by atoms with E-state index in [0.29, 0.717) is 5.02 Å². The van der Waals surface area contributed by atoms with Crippen molar-refractivity contribution < 1.29 is 0 Å². The number of hydrogen-bond donors (Lipinski definition) is 1. The Bertz CT molecular complexity index is 957. The minimum atomic E-state index is -0.312. The Balaban J connectivity index is 1.93. The molecule has 4 rings (SSSR count). The summed E-state index contributed by atoms with van der Waals surface area (Å²) in [5.41, 5.74) is 4.26. The fourth-order valence-electron chi connectivity index (χ4n) is 4.72. The first kappa shape index (κ1) is 19.7. The third-order valence-electron chi connectivity index (χ3n) is 6.24. The third-order valence-corrected chi connectivity index (χ3v) is 6.71. The highest BCUT2D eigenvalue weighted by molar-refractivity contribution is 6.31. The van der Waals surface area contributed by atoms with E-state index in [-0.39, 0.29) is 22.8 Å². The maximum atomic E-state index is 6.37. The SMILES string of the molecule is C=C([C@H]1NCC[C@@H](c2cccc(Cl)c2)[C@]12C=Nc1cc(Cl)ccc12)C(C)(C)C. The second-order valence-corrected chi connectivity index (χ2v) is 9.78. The minimum absolute atomic E-state index is 0.0239. The van der Waals surface area contributed by atoms with Gasteiger partial charge in [0.2, 0.25) is 0 Å². The molecule has 2 aliphatic rings. The smallest absolute Gasteiger partial charge is 0.0683 e. The molecule has 2 heterocycles. The van der Waals surface area contributed by atoms with Crippen molar-refractivity contribution in [2.75, 3.05) is 6.54 Å². The zero-order chi connectivity index (χ0) is 20.1. The van der Waals surface area contributed by atoms with Gasteiger partial charge in [0, 0.05) is 28.2 Å². The van der Waals surface area contributed by atoms with Crippen LogP contribution in [0.25, 0.3) is 0 Å². The van der Waals surface area contributed by atoms with E-state index in [4.69, 9.17) is 28.2 Å². The molecule has 1 N–H and O–H groups in total. The van der Waals surface area contributed by atoms with Crippen LogP contribution in [0.2, 0.25) is 10.0 Å². The zero-order valence-electron chi connectivity index (χ0n) is 16.6. The molecule has 2 aliphatic heterocycles. The quantitative estimate of drug-likeness (QED) is 0.545. The number of hydrogen-bond acceptors (Lipinski definition) is 2. The Hall–Kier alpha value is -1.61. The second-order valence-electron chi connectivity index (χ2n) is 8.91. The van der Waals surface area contributed by atoms with Gasteiger partial charge in [-0.05, 0) is 53.8 Å². The summed E-state index contributed by atoms with van der Waals surface area (Å²) in [6.45, 7) is 12.1. The van der Waals surface area contributed by atoms with E-state index >= 15 is 0 Å². The summed E-state index contributed by atoms with van der Waals surface area (Å²) in [4.78, 5) is 4.83. The highest BCUT2D eigenvalue weighted by Gasteiger charge is 2.53. The van der Waals surface area contributed by atoms with Gasteiger partial charge in [0.15, 0.2) is 0 Å². The van der Waals surface area contributed by atoms with Crippen LogP contribution in [0.5, 0.6) is 0 Å². The van der Waals surface area contributed by atoms with Crippen LogP contribution < -0.4 is 5.32 Å². The molecule has 0 saturated carbocycles. The van der Waals surface area contributed by atoms with Crippen LogP contribution in [-0.2, 0) is 5.41 Å². The lowest BCUT2D eigenvalue weighted by molar-refractivity contribution is 0.266. The Morgan fingerprint density at radius 1 is 1.14 bits per heavy atom. The predicted octanol–water partition coefficient (Wildman–Crippen LogP) is 6.70. The third kappa shape index (κ3) is 3.12. The van der Waals surface area contributed by atoms with Crippen molar-refractivity contribution in [2.24, 2.45) is 10.4 Å². The lowest BCUT2D eigenvalue weighted by Crippen LogP contribution is -2.59. The maximum absolute atomic E-state index is 6.37. The van der Waals surface area contributed by atoms with Gasteiger partial charge in [0.05, 0.1) is 11.1 Å². The second kappa shape index (κ2) is 7.02. The van der Waals surface area contributed by atoms with Crippen LogP contribution in [0.4, 0.5) is 5.69 Å². The number of rotatable bonds is 2. The first-order valence-electron chi connectivity index (χ1n) is 9.77. The first-order valence-corrected chi connectivity index (χ1v) is 10.5. The van der Waals surface area contributed by atoms with Gasteiger partial charge in [-0.25, -0.2) is 0 Å². The van der Waals surface area contributed by atoms with Crippen molar-refractivity contribution in [3.05, 3.63) is 75.8 Å². The molecule has 28 heavy (non-hydrogen) atoms. The van der Waals surface area contributed by atoms with E-state index in [1.807, 2.05) is 24.3 Å². The van der Waals surface area contributed by atoms with E-state index in [9.17, 15) is 0 Å². The van der Waals surface area contributed by atoms with Gasteiger partial charge in [0.25, 0.3) is 0 Å². The van der Waals surface area contributed by atoms with E-state index in [1.54, 1.807) is 0 Å². The van der Waals surface area contributed by atoms with Crippen LogP contribution >= 0.6 is 23.2 Å². The van der Waals surface area contributed by atoms with Crippen LogP contribution in [0, 0.1) is 5.41 Å². The molecular formula is C24H26Cl2N2. The number of benzene rings is 2. The van der Waals surface area contributed by atoms with Gasteiger partial charge >= 0.3 is 0 Å². The first-order chi connectivity index (χ1) is 13.2. The molecule has 4 heteroatoms. The van der Waals surface area contributed by atoms with Crippen LogP contribution in [0.15, 0.2) is 59.6 Å². The van der Waals surface area contributed by atoms with Gasteiger partial charge in [-0.3, -0.25) is 4.99 Å². The fraction of sp³-hybridized carbons (Fsp3) is 0.375. The summed E-state index contributed by atoms with van der Waals surface area (Å²) in [7, 11) is 0. The molecule has 1 fully saturated rings. The number of aliphatic imine (C=N–C) groups is 1. The molecule has 0 bridgehead atoms. The number of halogens is 2. The molecular weight excluding hydrogens is 387 g/mol. The standard InChI is InChI=1S/C24H26Cl2N2/c1-15(23(2,3)4)22-24(14-28-21-13-18(26)8-9-20(21)24)19(10-11-27-22)16-6-5-7-17(25)12-16/h5-9,12-14,19,22,27H,1,10-11H2,2-4H3/t19-,22+,24-/m0/s1. The highest BCUT2D eigenvalue weighted by atomic mass is 35.5. The van der Waals surface area contributed by atoms with Crippen molar-refractivity contribution in [1.82, 2.24) is 5.32 Å². The predicted molar refractivity (Wildman–Crippen MR) is 120 cm³/mol. The Morgan fingerprint density at radius 2 is 1.89 bits per heavy atom. The van der Waals surface area contributed by atoms with Crippen molar-refractivity contribution in [3.63, 3.8) is 0 Å². The van der Waals surface area contributed by atoms with E-state index in [0.717, 1.165) is 23.7 Å². The van der Waals surface area contributed by atoms with E-state index in [2.05, 4.69) is 57.1 Å². The average Bonchev–Trinajstić information content (AvgIpc) is 2.99. The summed E-state index contributed by atoms with van der Waals surface area (Å²) in [6.07, 6.45) is 3.13. The zero-order valence-corrected chi connectivity index (χ0v) is 18.1. The summed E-state index contributed by atoms with van der Waals surface area (Å²) in [5.74, 6) is 0.253. The molecule has 0 aliphatic carbocycles. The molecule has 0 aromatic heterocycles. The van der Waals surface area contributed by atoms with Crippen LogP contribution in [0.1, 0.15) is 44.2 Å². The fourth-order valence-corrected chi connectivity index (χ4v) is 5.09. The lowest BCUT2D eigenvalue weighted by atomic mass is 9.58. The van der Waals surface area contributed by atoms with Crippen molar-refractivity contribution in [1.29, 1.82) is 0 Å². The van der Waals surface area contributed by atoms with Crippen molar-refractivity contribution in [3.8, 4) is 0 Å². The summed E-state index contributed by atoms with van der Waals surface area (Å²) in [5, 5.41) is 5.25. The summed E-state index contributed by atoms with van der Waals surface area (Å²) < 4.78 is 0. The number of fused-ring (bicyclic) bond motifs is 2. The molecule has 146 valence electrons. The van der Waals surface area contributed by atoms with Gasteiger partial charge in [-0.1, -0.05) is 74.3 Å². The van der Waals surface area contributed by atoms with Crippen molar-refractivity contribution in [2.45, 2.75) is 44.6 Å². The van der Waals surface area contributed by atoms with E-state index in [1.165, 1.54) is 16.7 Å². The largest absolute Gasteiger partial charge is 0.309 e. The number of piperidine rings is 1. The summed E-state index contributed by atoms with van der Waals surface area (Å²) in [6, 6.07) is 14.4. The molecule has 0 unspecified atom stereocenters. The normalized spacial score (nSPS) is 26.5. The van der Waals surface area contributed by atoms with Gasteiger partial charge in [-0.15, -0.1) is 0 Å². The molecule has 2 aromatic carbocycles.